The molecule has 4 aromatic rings. The highest BCUT2D eigenvalue weighted by Gasteiger charge is 2.30. The van der Waals surface area contributed by atoms with Crippen LogP contribution < -0.4 is 11.1 Å². The molecule has 0 fully saturated rings. The van der Waals surface area contributed by atoms with E-state index in [1.165, 1.54) is 40.1 Å². The SMILES string of the molecule is N#Cc1ccc(Nc2nc(N)n(S(=O)(=O)c3c(Cl)nc4sccn34)n2)cc1C#N. The van der Waals surface area contributed by atoms with Gasteiger partial charge in [-0.3, -0.25) is 4.40 Å². The molecule has 0 aliphatic carbocycles. The molecule has 11 nitrogen and oxygen atoms in total. The number of imidazole rings is 1. The average Bonchev–Trinajstić information content (AvgIpc) is 3.35. The molecule has 4 rings (SSSR count). The lowest BCUT2D eigenvalue weighted by atomic mass is 10.1. The monoisotopic (exact) mass is 445 g/mol. The van der Waals surface area contributed by atoms with Crippen LogP contribution in [-0.4, -0.2) is 32.0 Å². The summed E-state index contributed by atoms with van der Waals surface area (Å²) in [4.78, 5) is 8.29. The maximum atomic E-state index is 13.0. The number of hydrogen-bond donors (Lipinski definition) is 2. The van der Waals surface area contributed by atoms with Crippen molar-refractivity contribution in [2.45, 2.75) is 5.03 Å². The molecule has 0 bridgehead atoms. The van der Waals surface area contributed by atoms with Crippen LogP contribution in [0.15, 0.2) is 34.8 Å². The molecule has 0 aliphatic rings. The number of fused-ring (bicyclic) bond motifs is 1. The van der Waals surface area contributed by atoms with Crippen LogP contribution in [0.5, 0.6) is 0 Å². The minimum absolute atomic E-state index is 0.123. The lowest BCUT2D eigenvalue weighted by Gasteiger charge is -2.04. The number of halogens is 1. The van der Waals surface area contributed by atoms with Crippen LogP contribution in [0, 0.1) is 22.7 Å². The standard InChI is InChI=1S/C15H8ClN9O2S2/c16-11-12(24-3-4-28-15(24)21-11)29(26,27)25-13(19)22-14(23-25)20-10-2-1-8(6-17)9(5-10)7-18/h1-5H,(H3,19,20,22,23). The first-order valence-corrected chi connectivity index (χ1v) is 10.4. The molecule has 1 aromatic carbocycles. The molecule has 0 saturated carbocycles. The van der Waals surface area contributed by atoms with Crippen LogP contribution in [0.2, 0.25) is 5.15 Å². The first kappa shape index (κ1) is 18.7. The number of nitrogens with two attached hydrogens (primary N) is 1. The van der Waals surface area contributed by atoms with Crippen LogP contribution in [0.1, 0.15) is 11.1 Å². The van der Waals surface area contributed by atoms with Crippen molar-refractivity contribution in [2.75, 3.05) is 11.1 Å². The molecule has 0 unspecified atom stereocenters. The summed E-state index contributed by atoms with van der Waals surface area (Å²) in [6.07, 6.45) is 1.51. The van der Waals surface area contributed by atoms with Gasteiger partial charge in [-0.05, 0) is 18.2 Å². The Bertz CT molecular complexity index is 1450. The van der Waals surface area contributed by atoms with E-state index < -0.39 is 16.0 Å². The molecule has 3 aromatic heterocycles. The van der Waals surface area contributed by atoms with Crippen molar-refractivity contribution in [1.29, 1.82) is 10.5 Å². The van der Waals surface area contributed by atoms with E-state index in [-0.39, 0.29) is 27.3 Å². The van der Waals surface area contributed by atoms with Gasteiger partial charge in [0.25, 0.3) is 0 Å². The van der Waals surface area contributed by atoms with Crippen LogP contribution in [0.25, 0.3) is 4.96 Å². The smallest absolute Gasteiger partial charge is 0.305 e. The van der Waals surface area contributed by atoms with Crippen molar-refractivity contribution in [2.24, 2.45) is 0 Å². The minimum Gasteiger partial charge on any atom is -0.367 e. The number of benzene rings is 1. The van der Waals surface area contributed by atoms with E-state index in [2.05, 4.69) is 20.4 Å². The van der Waals surface area contributed by atoms with E-state index in [1.807, 2.05) is 12.1 Å². The van der Waals surface area contributed by atoms with Crippen molar-refractivity contribution in [1.82, 2.24) is 23.6 Å². The third kappa shape index (κ3) is 3.03. The van der Waals surface area contributed by atoms with Gasteiger partial charge >= 0.3 is 10.0 Å². The van der Waals surface area contributed by atoms with Crippen LogP contribution in [-0.2, 0) is 10.0 Å². The summed E-state index contributed by atoms with van der Waals surface area (Å²) in [5.74, 6) is -0.523. The number of anilines is 3. The molecule has 0 amide bonds. The van der Waals surface area contributed by atoms with Gasteiger partial charge in [0.15, 0.2) is 10.1 Å². The van der Waals surface area contributed by atoms with Gasteiger partial charge in [0, 0.05) is 17.3 Å². The zero-order chi connectivity index (χ0) is 20.8. The van der Waals surface area contributed by atoms with Gasteiger partial charge in [-0.2, -0.15) is 23.9 Å². The third-order valence-corrected chi connectivity index (χ3v) is 6.50. The van der Waals surface area contributed by atoms with Gasteiger partial charge < -0.3 is 11.1 Å². The highest BCUT2D eigenvalue weighted by molar-refractivity contribution is 7.90. The van der Waals surface area contributed by atoms with E-state index in [0.29, 0.717) is 14.7 Å². The summed E-state index contributed by atoms with van der Waals surface area (Å²) in [7, 11) is -4.29. The van der Waals surface area contributed by atoms with Crippen molar-refractivity contribution in [3.05, 3.63) is 46.1 Å². The van der Waals surface area contributed by atoms with E-state index in [9.17, 15) is 8.42 Å². The fourth-order valence-corrected chi connectivity index (χ4v) is 5.11. The van der Waals surface area contributed by atoms with E-state index in [4.69, 9.17) is 27.9 Å². The fraction of sp³-hybridized carbons (Fsp3) is 0. The van der Waals surface area contributed by atoms with Gasteiger partial charge in [0.1, 0.15) is 12.1 Å². The van der Waals surface area contributed by atoms with E-state index in [0.717, 1.165) is 0 Å². The molecule has 3 N–H and O–H groups in total. The molecular weight excluding hydrogens is 438 g/mol. The molecule has 0 radical (unpaired) electrons. The topological polar surface area (TPSA) is 168 Å². The molecule has 14 heteroatoms. The predicted octanol–water partition coefficient (Wildman–Crippen LogP) is 1.95. The van der Waals surface area contributed by atoms with Crippen molar-refractivity contribution in [3.63, 3.8) is 0 Å². The molecule has 0 atom stereocenters. The number of thiazole rings is 1. The number of rotatable bonds is 4. The van der Waals surface area contributed by atoms with Crippen molar-refractivity contribution >= 4 is 55.5 Å². The number of nitrogens with one attached hydrogen (secondary N) is 1. The number of nitrogens with zero attached hydrogens (tertiary/aromatic N) is 7. The molecule has 0 aliphatic heterocycles. The third-order valence-electron chi connectivity index (χ3n) is 3.77. The Morgan fingerprint density at radius 1 is 1.21 bits per heavy atom. The van der Waals surface area contributed by atoms with Crippen LogP contribution in [0.4, 0.5) is 17.6 Å². The van der Waals surface area contributed by atoms with Crippen LogP contribution in [0.3, 0.4) is 0 Å². The molecule has 144 valence electrons. The number of aromatic nitrogens is 5. The molecule has 29 heavy (non-hydrogen) atoms. The number of hydrogen-bond acceptors (Lipinski definition) is 10. The molecule has 3 heterocycles. The quantitative estimate of drug-likeness (QED) is 0.476. The minimum atomic E-state index is -4.29. The highest BCUT2D eigenvalue weighted by Crippen LogP contribution is 2.28. The maximum absolute atomic E-state index is 13.0. The van der Waals surface area contributed by atoms with Gasteiger partial charge in [0.05, 0.1) is 11.1 Å². The summed E-state index contributed by atoms with van der Waals surface area (Å²) in [5, 5.41) is 25.9. The lowest BCUT2D eigenvalue weighted by molar-refractivity contribution is 0.576. The van der Waals surface area contributed by atoms with E-state index >= 15 is 0 Å². The van der Waals surface area contributed by atoms with Gasteiger partial charge in [-0.15, -0.1) is 20.5 Å². The summed E-state index contributed by atoms with van der Waals surface area (Å²) < 4.78 is 27.9. The average molecular weight is 446 g/mol. The molecular formula is C15H8ClN9O2S2. The van der Waals surface area contributed by atoms with Gasteiger partial charge in [-0.1, -0.05) is 11.6 Å². The lowest BCUT2D eigenvalue weighted by Crippen LogP contribution is -2.19. The van der Waals surface area contributed by atoms with E-state index in [1.54, 1.807) is 5.38 Å². The summed E-state index contributed by atoms with van der Waals surface area (Å²) in [6, 6.07) is 8.17. The fourth-order valence-electron chi connectivity index (χ4n) is 2.53. The zero-order valence-corrected chi connectivity index (χ0v) is 16.5. The Morgan fingerprint density at radius 2 is 1.97 bits per heavy atom. The number of nitrogen functional groups attached to an aromatic ring is 1. The Hall–Kier alpha value is -3.65. The zero-order valence-electron chi connectivity index (χ0n) is 14.1. The largest absolute Gasteiger partial charge is 0.367 e. The summed E-state index contributed by atoms with van der Waals surface area (Å²) >= 11 is 7.23. The van der Waals surface area contributed by atoms with Gasteiger partial charge in [0.2, 0.25) is 16.9 Å². The Labute approximate surface area is 172 Å². The van der Waals surface area contributed by atoms with Gasteiger partial charge in [-0.25, -0.2) is 4.98 Å². The predicted molar refractivity (Wildman–Crippen MR) is 104 cm³/mol. The summed E-state index contributed by atoms with van der Waals surface area (Å²) in [5.41, 5.74) is 6.48. The maximum Gasteiger partial charge on any atom is 0.305 e. The first-order valence-electron chi connectivity index (χ1n) is 7.65. The molecule has 0 saturated heterocycles. The van der Waals surface area contributed by atoms with Crippen molar-refractivity contribution < 1.29 is 8.42 Å². The Balaban J connectivity index is 1.74. The second-order valence-electron chi connectivity index (χ2n) is 5.51. The second kappa shape index (κ2) is 6.75. The van der Waals surface area contributed by atoms with Crippen LogP contribution >= 0.6 is 22.9 Å². The second-order valence-corrected chi connectivity index (χ2v) is 8.43. The normalized spacial score (nSPS) is 11.3. The first-order chi connectivity index (χ1) is 13.8. The molecule has 0 spiro atoms. The highest BCUT2D eigenvalue weighted by atomic mass is 35.5. The number of nitriles is 2. The van der Waals surface area contributed by atoms with Crippen molar-refractivity contribution in [3.8, 4) is 12.1 Å². The Morgan fingerprint density at radius 3 is 2.69 bits per heavy atom. The summed E-state index contributed by atoms with van der Waals surface area (Å²) in [6.45, 7) is 0. The Kier molecular flexibility index (Phi) is 4.35.